The summed E-state index contributed by atoms with van der Waals surface area (Å²) in [6.45, 7) is 9.29. The van der Waals surface area contributed by atoms with E-state index in [1.165, 1.54) is 24.3 Å². The second kappa shape index (κ2) is 6.52. The van der Waals surface area contributed by atoms with Crippen molar-refractivity contribution >= 4 is 29.2 Å². The Balaban J connectivity index is 2.11. The first-order valence-electron chi connectivity index (χ1n) is 7.24. The van der Waals surface area contributed by atoms with Crippen LogP contribution in [0.25, 0.3) is 0 Å². The van der Waals surface area contributed by atoms with Crippen molar-refractivity contribution in [2.45, 2.75) is 46.0 Å². The zero-order valence-electron chi connectivity index (χ0n) is 12.8. The largest absolute Gasteiger partial charge is 0.369 e. The Morgan fingerprint density at radius 2 is 1.90 bits per heavy atom. The number of halogens is 1. The standard InChI is InChI=1S/C15H24ClN3S/c1-10-12(16)18-14(15(2,3)4)19-13(10)17-9-11-5-7-20-8-6-11/h11H,5-9H2,1-4H3,(H,17,18,19). The minimum atomic E-state index is -0.0880. The van der Waals surface area contributed by atoms with E-state index in [9.17, 15) is 0 Å². The van der Waals surface area contributed by atoms with Gasteiger partial charge in [0.2, 0.25) is 0 Å². The molecule has 112 valence electrons. The summed E-state index contributed by atoms with van der Waals surface area (Å²) in [5, 5.41) is 4.05. The van der Waals surface area contributed by atoms with Gasteiger partial charge in [-0.1, -0.05) is 32.4 Å². The van der Waals surface area contributed by atoms with Gasteiger partial charge in [0.05, 0.1) is 0 Å². The van der Waals surface area contributed by atoms with Crippen molar-refractivity contribution in [3.63, 3.8) is 0 Å². The molecule has 0 radical (unpaired) electrons. The van der Waals surface area contributed by atoms with Gasteiger partial charge in [0.1, 0.15) is 16.8 Å². The van der Waals surface area contributed by atoms with E-state index in [0.717, 1.165) is 29.7 Å². The van der Waals surface area contributed by atoms with E-state index < -0.39 is 0 Å². The average Bonchev–Trinajstić information content (AvgIpc) is 2.40. The van der Waals surface area contributed by atoms with Crippen LogP contribution in [0, 0.1) is 12.8 Å². The summed E-state index contributed by atoms with van der Waals surface area (Å²) < 4.78 is 0. The Morgan fingerprint density at radius 3 is 2.50 bits per heavy atom. The van der Waals surface area contributed by atoms with Crippen molar-refractivity contribution in [3.8, 4) is 0 Å². The predicted molar refractivity (Wildman–Crippen MR) is 89.0 cm³/mol. The molecule has 20 heavy (non-hydrogen) atoms. The van der Waals surface area contributed by atoms with Gasteiger partial charge in [-0.15, -0.1) is 0 Å². The Kier molecular flexibility index (Phi) is 5.19. The number of nitrogens with one attached hydrogen (secondary N) is 1. The predicted octanol–water partition coefficient (Wildman–Crippen LogP) is 4.29. The molecule has 0 spiro atoms. The van der Waals surface area contributed by atoms with Crippen molar-refractivity contribution in [1.82, 2.24) is 9.97 Å². The topological polar surface area (TPSA) is 37.8 Å². The summed E-state index contributed by atoms with van der Waals surface area (Å²) in [6, 6.07) is 0. The van der Waals surface area contributed by atoms with Gasteiger partial charge in [0, 0.05) is 17.5 Å². The van der Waals surface area contributed by atoms with Crippen molar-refractivity contribution < 1.29 is 0 Å². The highest BCUT2D eigenvalue weighted by molar-refractivity contribution is 7.99. The Morgan fingerprint density at radius 1 is 1.25 bits per heavy atom. The molecule has 1 aromatic heterocycles. The number of thioether (sulfide) groups is 1. The molecule has 0 aromatic carbocycles. The quantitative estimate of drug-likeness (QED) is 0.845. The van der Waals surface area contributed by atoms with E-state index in [0.29, 0.717) is 5.15 Å². The highest BCUT2D eigenvalue weighted by Crippen LogP contribution is 2.27. The first-order chi connectivity index (χ1) is 9.38. The number of aromatic nitrogens is 2. The molecule has 0 unspecified atom stereocenters. The molecule has 0 atom stereocenters. The molecule has 0 aliphatic carbocycles. The first-order valence-corrected chi connectivity index (χ1v) is 8.77. The molecule has 2 rings (SSSR count). The smallest absolute Gasteiger partial charge is 0.137 e. The SMILES string of the molecule is Cc1c(Cl)nc(C(C)(C)C)nc1NCC1CCSCC1. The number of nitrogens with zero attached hydrogens (tertiary/aromatic N) is 2. The lowest BCUT2D eigenvalue weighted by Crippen LogP contribution is -2.22. The molecule has 1 aliphatic rings. The summed E-state index contributed by atoms with van der Waals surface area (Å²) in [6.07, 6.45) is 2.59. The fourth-order valence-corrected chi connectivity index (χ4v) is 3.56. The second-order valence-corrected chi connectivity index (χ2v) is 8.08. The molecular formula is C15H24ClN3S. The third-order valence-electron chi connectivity index (χ3n) is 3.66. The van der Waals surface area contributed by atoms with Crippen LogP contribution >= 0.6 is 23.4 Å². The van der Waals surface area contributed by atoms with Gasteiger partial charge in [0.25, 0.3) is 0 Å². The minimum Gasteiger partial charge on any atom is -0.369 e. The van der Waals surface area contributed by atoms with E-state index in [2.05, 4.69) is 47.8 Å². The number of anilines is 1. The van der Waals surface area contributed by atoms with Crippen LogP contribution in [-0.2, 0) is 5.41 Å². The molecule has 0 saturated carbocycles. The fraction of sp³-hybridized carbons (Fsp3) is 0.733. The molecule has 1 saturated heterocycles. The van der Waals surface area contributed by atoms with Crippen LogP contribution in [0.5, 0.6) is 0 Å². The van der Waals surface area contributed by atoms with Crippen molar-refractivity contribution in [1.29, 1.82) is 0 Å². The van der Waals surface area contributed by atoms with Crippen molar-refractivity contribution in [2.24, 2.45) is 5.92 Å². The summed E-state index contributed by atoms with van der Waals surface area (Å²) in [5.41, 5.74) is 0.861. The third kappa shape index (κ3) is 4.01. The fourth-order valence-electron chi connectivity index (χ4n) is 2.19. The molecule has 2 heterocycles. The normalized spacial score (nSPS) is 17.2. The average molecular weight is 314 g/mol. The molecular weight excluding hydrogens is 290 g/mol. The third-order valence-corrected chi connectivity index (χ3v) is 5.07. The van der Waals surface area contributed by atoms with Crippen LogP contribution in [0.3, 0.4) is 0 Å². The number of rotatable bonds is 3. The Bertz CT molecular complexity index is 465. The number of hydrogen-bond acceptors (Lipinski definition) is 4. The van der Waals surface area contributed by atoms with E-state index >= 15 is 0 Å². The van der Waals surface area contributed by atoms with Gasteiger partial charge in [-0.2, -0.15) is 11.8 Å². The molecule has 1 fully saturated rings. The van der Waals surface area contributed by atoms with Gasteiger partial charge in [-0.25, -0.2) is 9.97 Å². The highest BCUT2D eigenvalue weighted by Gasteiger charge is 2.21. The zero-order chi connectivity index (χ0) is 14.8. The lowest BCUT2D eigenvalue weighted by molar-refractivity contribution is 0.513. The van der Waals surface area contributed by atoms with Gasteiger partial charge in [-0.3, -0.25) is 0 Å². The van der Waals surface area contributed by atoms with Gasteiger partial charge in [0.15, 0.2) is 0 Å². The minimum absolute atomic E-state index is 0.0880. The molecule has 0 bridgehead atoms. The van der Waals surface area contributed by atoms with E-state index in [4.69, 9.17) is 11.6 Å². The lowest BCUT2D eigenvalue weighted by Gasteiger charge is -2.23. The maximum atomic E-state index is 6.25. The maximum Gasteiger partial charge on any atom is 0.137 e. The molecule has 0 amide bonds. The summed E-state index contributed by atoms with van der Waals surface area (Å²) in [4.78, 5) is 9.09. The second-order valence-electron chi connectivity index (χ2n) is 6.50. The molecule has 1 aliphatic heterocycles. The van der Waals surface area contributed by atoms with Crippen LogP contribution < -0.4 is 5.32 Å². The van der Waals surface area contributed by atoms with Crippen LogP contribution in [-0.4, -0.2) is 28.0 Å². The van der Waals surface area contributed by atoms with Gasteiger partial charge < -0.3 is 5.32 Å². The van der Waals surface area contributed by atoms with E-state index in [1.54, 1.807) is 0 Å². The Hall–Kier alpha value is -0.480. The highest BCUT2D eigenvalue weighted by atomic mass is 35.5. The molecule has 5 heteroatoms. The van der Waals surface area contributed by atoms with E-state index in [-0.39, 0.29) is 5.41 Å². The first kappa shape index (κ1) is 15.9. The summed E-state index contributed by atoms with van der Waals surface area (Å²) in [7, 11) is 0. The molecule has 1 N–H and O–H groups in total. The Labute approximate surface area is 131 Å². The zero-order valence-corrected chi connectivity index (χ0v) is 14.4. The lowest BCUT2D eigenvalue weighted by atomic mass is 9.95. The van der Waals surface area contributed by atoms with Crippen LogP contribution in [0.2, 0.25) is 5.15 Å². The molecule has 3 nitrogen and oxygen atoms in total. The van der Waals surface area contributed by atoms with Crippen molar-refractivity contribution in [3.05, 3.63) is 16.5 Å². The van der Waals surface area contributed by atoms with Crippen LogP contribution in [0.15, 0.2) is 0 Å². The summed E-state index contributed by atoms with van der Waals surface area (Å²) >= 11 is 8.31. The molecule has 1 aromatic rings. The van der Waals surface area contributed by atoms with Crippen LogP contribution in [0.4, 0.5) is 5.82 Å². The van der Waals surface area contributed by atoms with Gasteiger partial charge in [-0.05, 0) is 37.2 Å². The number of hydrogen-bond donors (Lipinski definition) is 1. The van der Waals surface area contributed by atoms with E-state index in [1.807, 2.05) is 6.92 Å². The van der Waals surface area contributed by atoms with Gasteiger partial charge >= 0.3 is 0 Å². The maximum absolute atomic E-state index is 6.25. The summed E-state index contributed by atoms with van der Waals surface area (Å²) in [5.74, 6) is 5.01. The van der Waals surface area contributed by atoms with Crippen molar-refractivity contribution in [2.75, 3.05) is 23.4 Å². The van der Waals surface area contributed by atoms with Crippen LogP contribution in [0.1, 0.15) is 45.0 Å². The monoisotopic (exact) mass is 313 g/mol.